The summed E-state index contributed by atoms with van der Waals surface area (Å²) < 4.78 is 0.453. The summed E-state index contributed by atoms with van der Waals surface area (Å²) in [4.78, 5) is 15.1. The van der Waals surface area contributed by atoms with Crippen LogP contribution >= 0.6 is 12.2 Å². The fourth-order valence-corrected chi connectivity index (χ4v) is 0.543. The molecule has 0 aliphatic rings. The van der Waals surface area contributed by atoms with E-state index in [2.05, 4.69) is 22.2 Å². The Hall–Kier alpha value is -0.900. The predicted molar refractivity (Wildman–Crippen MR) is 43.6 cm³/mol. The van der Waals surface area contributed by atoms with Crippen molar-refractivity contribution in [1.29, 1.82) is 0 Å². The molecule has 2 N–H and O–H groups in total. The molecule has 1 heterocycles. The van der Waals surface area contributed by atoms with Crippen LogP contribution in [0.2, 0.25) is 0 Å². The predicted octanol–water partition coefficient (Wildman–Crippen LogP) is 1.46. The molecule has 3 nitrogen and oxygen atoms in total. The molecule has 10 heavy (non-hydrogen) atoms. The summed E-state index contributed by atoms with van der Waals surface area (Å²) in [7, 11) is 0. The summed E-state index contributed by atoms with van der Waals surface area (Å²) in [5, 5.41) is 0. The fourth-order valence-electron chi connectivity index (χ4n) is 0.383. The summed E-state index contributed by atoms with van der Waals surface area (Å²) in [6.07, 6.45) is 1.50. The monoisotopic (exact) mass is 158 g/mol. The van der Waals surface area contributed by atoms with Gasteiger partial charge in [-0.2, -0.15) is 0 Å². The fraction of sp³-hybridized carbons (Fsp3) is 0.333. The molecule has 0 spiro atoms. The van der Waals surface area contributed by atoms with E-state index in [1.54, 1.807) is 6.07 Å². The molecule has 4 heteroatoms. The van der Waals surface area contributed by atoms with Crippen molar-refractivity contribution in [1.82, 2.24) is 9.97 Å². The minimum atomic E-state index is -0.266. The summed E-state index contributed by atoms with van der Waals surface area (Å²) in [5.74, 6) is 0. The molecule has 56 valence electrons. The molecule has 0 saturated heterocycles. The number of aromatic nitrogens is 2. The average Bonchev–Trinajstić information content (AvgIpc) is 1.91. The van der Waals surface area contributed by atoms with Gasteiger partial charge in [-0.3, -0.25) is 4.98 Å². The number of hydrogen-bond acceptors (Lipinski definition) is 2. The van der Waals surface area contributed by atoms with Crippen LogP contribution in [0.25, 0.3) is 0 Å². The minimum Gasteiger partial charge on any atom is -0.314 e. The Bertz CT molecular complexity index is 250. The zero-order valence-electron chi connectivity index (χ0n) is 5.97. The average molecular weight is 158 g/mol. The number of hydrogen-bond donors (Lipinski definition) is 2. The number of aromatic amines is 2. The molecule has 0 fully saturated rings. The first-order chi connectivity index (χ1) is 4.79. The van der Waals surface area contributed by atoms with E-state index in [-0.39, 0.29) is 5.69 Å². The van der Waals surface area contributed by atoms with Crippen LogP contribution in [-0.4, -0.2) is 9.97 Å². The van der Waals surface area contributed by atoms with Crippen molar-refractivity contribution in [2.45, 2.75) is 13.8 Å². The van der Waals surface area contributed by atoms with Crippen LogP contribution in [0, 0.1) is 4.64 Å². The summed E-state index contributed by atoms with van der Waals surface area (Å²) >= 11 is 4.62. The lowest BCUT2D eigenvalue weighted by molar-refractivity contribution is 1.06. The van der Waals surface area contributed by atoms with Crippen LogP contribution in [-0.2, 0) is 0 Å². The van der Waals surface area contributed by atoms with Crippen molar-refractivity contribution in [3.8, 4) is 0 Å². The number of nitrogens with one attached hydrogen (secondary N) is 2. The highest BCUT2D eigenvalue weighted by Crippen LogP contribution is 1.72. The topological polar surface area (TPSA) is 48.6 Å². The lowest BCUT2D eigenvalue weighted by atomic mass is 10.7. The van der Waals surface area contributed by atoms with Gasteiger partial charge in [-0.1, -0.05) is 26.1 Å². The zero-order valence-corrected chi connectivity index (χ0v) is 6.79. The zero-order chi connectivity index (χ0) is 7.98. The molecule has 0 aromatic carbocycles. The highest BCUT2D eigenvalue weighted by atomic mass is 32.1. The van der Waals surface area contributed by atoms with E-state index in [4.69, 9.17) is 0 Å². The SMILES string of the molecule is CC.O=c1[nH]ccc(=S)[nH]1. The molecular weight excluding hydrogens is 148 g/mol. The lowest BCUT2D eigenvalue weighted by Crippen LogP contribution is -2.07. The van der Waals surface area contributed by atoms with E-state index in [0.717, 1.165) is 0 Å². The first kappa shape index (κ1) is 9.10. The van der Waals surface area contributed by atoms with E-state index in [9.17, 15) is 4.79 Å². The van der Waals surface area contributed by atoms with E-state index < -0.39 is 0 Å². The maximum absolute atomic E-state index is 10.3. The van der Waals surface area contributed by atoms with Crippen molar-refractivity contribution < 1.29 is 0 Å². The van der Waals surface area contributed by atoms with E-state index >= 15 is 0 Å². The van der Waals surface area contributed by atoms with E-state index in [0.29, 0.717) is 4.64 Å². The standard InChI is InChI=1S/C4H4N2OS.C2H6/c7-4-5-2-1-3(8)6-4;1-2/h1-2H,(H2,5,6,7,8);1-2H3. The molecule has 0 atom stereocenters. The molecule has 0 saturated carbocycles. The molecule has 0 amide bonds. The normalized spacial score (nSPS) is 7.80. The van der Waals surface area contributed by atoms with Gasteiger partial charge in [0.2, 0.25) is 0 Å². The largest absolute Gasteiger partial charge is 0.323 e. The van der Waals surface area contributed by atoms with Gasteiger partial charge in [-0.25, -0.2) is 4.79 Å². The molecule has 1 rings (SSSR count). The second kappa shape index (κ2) is 4.93. The van der Waals surface area contributed by atoms with Gasteiger partial charge in [0, 0.05) is 6.20 Å². The maximum atomic E-state index is 10.3. The minimum absolute atomic E-state index is 0.266. The van der Waals surface area contributed by atoms with Gasteiger partial charge in [0.1, 0.15) is 4.64 Å². The summed E-state index contributed by atoms with van der Waals surface area (Å²) in [5.41, 5.74) is -0.266. The van der Waals surface area contributed by atoms with Crippen molar-refractivity contribution in [2.75, 3.05) is 0 Å². The van der Waals surface area contributed by atoms with Crippen molar-refractivity contribution >= 4 is 12.2 Å². The van der Waals surface area contributed by atoms with Crippen LogP contribution in [0.1, 0.15) is 13.8 Å². The molecule has 0 bridgehead atoms. The number of H-pyrrole nitrogens is 2. The molecule has 0 radical (unpaired) electrons. The Labute approximate surface area is 64.1 Å². The highest BCUT2D eigenvalue weighted by molar-refractivity contribution is 7.71. The molecule has 0 aliphatic heterocycles. The van der Waals surface area contributed by atoms with Gasteiger partial charge in [0.15, 0.2) is 0 Å². The second-order valence-corrected chi connectivity index (χ2v) is 1.74. The van der Waals surface area contributed by atoms with Gasteiger partial charge in [0.25, 0.3) is 0 Å². The van der Waals surface area contributed by atoms with E-state index in [1.807, 2.05) is 13.8 Å². The second-order valence-electron chi connectivity index (χ2n) is 1.30. The van der Waals surface area contributed by atoms with Crippen LogP contribution in [0.4, 0.5) is 0 Å². The Morgan fingerprint density at radius 1 is 1.50 bits per heavy atom. The van der Waals surface area contributed by atoms with E-state index in [1.165, 1.54) is 6.20 Å². The molecule has 0 unspecified atom stereocenters. The Morgan fingerprint density at radius 2 is 2.10 bits per heavy atom. The highest BCUT2D eigenvalue weighted by Gasteiger charge is 1.74. The summed E-state index contributed by atoms with van der Waals surface area (Å²) in [6.45, 7) is 4.00. The van der Waals surface area contributed by atoms with Crippen molar-refractivity contribution in [3.05, 3.63) is 27.4 Å². The number of rotatable bonds is 0. The van der Waals surface area contributed by atoms with Gasteiger partial charge >= 0.3 is 5.69 Å². The quantitative estimate of drug-likeness (QED) is 0.561. The van der Waals surface area contributed by atoms with Crippen molar-refractivity contribution in [3.63, 3.8) is 0 Å². The van der Waals surface area contributed by atoms with Gasteiger partial charge in [0.05, 0.1) is 0 Å². The Morgan fingerprint density at radius 3 is 2.40 bits per heavy atom. The van der Waals surface area contributed by atoms with Gasteiger partial charge in [-0.15, -0.1) is 0 Å². The van der Waals surface area contributed by atoms with Gasteiger partial charge < -0.3 is 4.98 Å². The van der Waals surface area contributed by atoms with Gasteiger partial charge in [-0.05, 0) is 6.07 Å². The summed E-state index contributed by atoms with van der Waals surface area (Å²) in [6, 6.07) is 1.61. The first-order valence-corrected chi connectivity index (χ1v) is 3.48. The molecule has 1 aromatic heterocycles. The third-order valence-corrected chi connectivity index (χ3v) is 0.924. The third-order valence-electron chi connectivity index (χ3n) is 0.686. The lowest BCUT2D eigenvalue weighted by Gasteiger charge is -1.78. The molecule has 1 aromatic rings. The van der Waals surface area contributed by atoms with Crippen LogP contribution in [0.5, 0.6) is 0 Å². The first-order valence-electron chi connectivity index (χ1n) is 3.07. The van der Waals surface area contributed by atoms with Crippen LogP contribution in [0.3, 0.4) is 0 Å². The Kier molecular flexibility index (Phi) is 4.49. The molecular formula is C6H10N2OS. The Balaban J connectivity index is 0.000000371. The smallest absolute Gasteiger partial charge is 0.314 e. The molecule has 0 aliphatic carbocycles. The third kappa shape index (κ3) is 3.19. The maximum Gasteiger partial charge on any atom is 0.323 e. The van der Waals surface area contributed by atoms with Crippen LogP contribution < -0.4 is 5.69 Å². The van der Waals surface area contributed by atoms with Crippen molar-refractivity contribution in [2.24, 2.45) is 0 Å². The van der Waals surface area contributed by atoms with Crippen LogP contribution in [0.15, 0.2) is 17.1 Å².